The van der Waals surface area contributed by atoms with Gasteiger partial charge in [-0.3, -0.25) is 4.79 Å². The normalized spacial score (nSPS) is 10.7. The predicted octanol–water partition coefficient (Wildman–Crippen LogP) is 5.60. The second kappa shape index (κ2) is 9.41. The minimum absolute atomic E-state index is 0.00960. The smallest absolute Gasteiger partial charge is 0.277 e. The number of thioether (sulfide) groups is 1. The van der Waals surface area contributed by atoms with Crippen LogP contribution in [0.3, 0.4) is 0 Å². The molecule has 0 saturated heterocycles. The van der Waals surface area contributed by atoms with Crippen LogP contribution in [0.2, 0.25) is 0 Å². The third-order valence-corrected chi connectivity index (χ3v) is 5.26. The molecule has 0 radical (unpaired) electrons. The van der Waals surface area contributed by atoms with E-state index in [9.17, 15) is 4.79 Å². The Hall–Kier alpha value is -3.38. The molecule has 0 unspecified atom stereocenters. The Labute approximate surface area is 179 Å². The fraction of sp³-hybridized carbons (Fsp3) is 0.125. The number of benzene rings is 3. The first-order chi connectivity index (χ1) is 14.7. The van der Waals surface area contributed by atoms with Crippen LogP contribution in [0.25, 0.3) is 11.1 Å². The van der Waals surface area contributed by atoms with Gasteiger partial charge in [-0.05, 0) is 35.7 Å². The van der Waals surface area contributed by atoms with E-state index in [4.69, 9.17) is 9.15 Å². The summed E-state index contributed by atoms with van der Waals surface area (Å²) in [4.78, 5) is 12.5. The van der Waals surface area contributed by atoms with Crippen LogP contribution >= 0.6 is 11.8 Å². The van der Waals surface area contributed by atoms with Gasteiger partial charge in [0.1, 0.15) is 5.75 Å². The van der Waals surface area contributed by atoms with E-state index in [1.165, 1.54) is 11.8 Å². The highest BCUT2D eigenvalue weighted by atomic mass is 32.2. The van der Waals surface area contributed by atoms with Crippen LogP contribution in [-0.2, 0) is 6.61 Å². The lowest BCUT2D eigenvalue weighted by molar-refractivity contribution is 0.102. The second-order valence-corrected chi connectivity index (χ2v) is 7.65. The van der Waals surface area contributed by atoms with Crippen LogP contribution in [0.4, 0.5) is 0 Å². The zero-order valence-electron chi connectivity index (χ0n) is 16.4. The first-order valence-corrected chi connectivity index (χ1v) is 10.5. The summed E-state index contributed by atoms with van der Waals surface area (Å²) in [6.07, 6.45) is 0. The maximum atomic E-state index is 12.5. The average Bonchev–Trinajstić information content (AvgIpc) is 3.25. The molecular weight excluding hydrogens is 396 g/mol. The van der Waals surface area contributed by atoms with Gasteiger partial charge in [0.2, 0.25) is 0 Å². The molecule has 0 aliphatic heterocycles. The lowest BCUT2D eigenvalue weighted by Gasteiger charge is -2.04. The highest BCUT2D eigenvalue weighted by Crippen LogP contribution is 2.22. The molecule has 0 bridgehead atoms. The zero-order chi connectivity index (χ0) is 20.8. The average molecular weight is 417 g/mol. The van der Waals surface area contributed by atoms with Crippen LogP contribution in [0, 0.1) is 6.92 Å². The number of ether oxygens (including phenoxy) is 1. The molecule has 4 rings (SSSR count). The molecule has 0 spiro atoms. The van der Waals surface area contributed by atoms with Gasteiger partial charge in [-0.25, -0.2) is 0 Å². The first-order valence-electron chi connectivity index (χ1n) is 9.51. The Morgan fingerprint density at radius 1 is 0.933 bits per heavy atom. The molecule has 30 heavy (non-hydrogen) atoms. The Morgan fingerprint density at radius 3 is 2.47 bits per heavy atom. The summed E-state index contributed by atoms with van der Waals surface area (Å²) in [5.41, 5.74) is 3.97. The van der Waals surface area contributed by atoms with E-state index in [1.807, 2.05) is 85.8 Å². The standard InChI is InChI=1S/C24H20N2O3S/c1-17-6-5-9-21(14-17)28-15-23-25-26-24(29-23)30-16-22(27)20-12-10-19(11-13-20)18-7-3-2-4-8-18/h2-14H,15-16H2,1H3. The van der Waals surface area contributed by atoms with Gasteiger partial charge in [0.05, 0.1) is 5.75 Å². The van der Waals surface area contributed by atoms with Gasteiger partial charge in [-0.1, -0.05) is 78.5 Å². The van der Waals surface area contributed by atoms with Crippen molar-refractivity contribution in [3.63, 3.8) is 0 Å². The maximum absolute atomic E-state index is 12.5. The molecule has 4 aromatic rings. The van der Waals surface area contributed by atoms with Crippen molar-refractivity contribution in [1.82, 2.24) is 10.2 Å². The summed E-state index contributed by atoms with van der Waals surface area (Å²) in [6.45, 7) is 2.19. The van der Waals surface area contributed by atoms with Crippen molar-refractivity contribution >= 4 is 17.5 Å². The number of Topliss-reactive ketones (excluding diaryl/α,β-unsaturated/α-hetero) is 1. The number of nitrogens with zero attached hydrogens (tertiary/aromatic N) is 2. The van der Waals surface area contributed by atoms with Gasteiger partial charge in [-0.15, -0.1) is 10.2 Å². The summed E-state index contributed by atoms with van der Waals surface area (Å²) in [5, 5.41) is 8.31. The number of hydrogen-bond donors (Lipinski definition) is 0. The van der Waals surface area contributed by atoms with Crippen molar-refractivity contribution in [1.29, 1.82) is 0 Å². The van der Waals surface area contributed by atoms with E-state index in [0.717, 1.165) is 22.4 Å². The molecule has 1 aromatic heterocycles. The van der Waals surface area contributed by atoms with Crippen LogP contribution in [-0.4, -0.2) is 21.7 Å². The molecule has 0 N–H and O–H groups in total. The minimum Gasteiger partial charge on any atom is -0.484 e. The predicted molar refractivity (Wildman–Crippen MR) is 117 cm³/mol. The van der Waals surface area contributed by atoms with Gasteiger partial charge >= 0.3 is 0 Å². The fourth-order valence-electron chi connectivity index (χ4n) is 2.89. The molecule has 0 amide bonds. The van der Waals surface area contributed by atoms with Crippen LogP contribution < -0.4 is 4.74 Å². The number of aryl methyl sites for hydroxylation is 1. The number of carbonyl (C=O) groups is 1. The van der Waals surface area contributed by atoms with Crippen LogP contribution in [0.1, 0.15) is 21.8 Å². The Kier molecular flexibility index (Phi) is 6.25. The molecule has 1 heterocycles. The van der Waals surface area contributed by atoms with Gasteiger partial charge in [-0.2, -0.15) is 0 Å². The Balaban J connectivity index is 1.30. The van der Waals surface area contributed by atoms with E-state index < -0.39 is 0 Å². The van der Waals surface area contributed by atoms with Crippen molar-refractivity contribution in [2.24, 2.45) is 0 Å². The van der Waals surface area contributed by atoms with Crippen LogP contribution in [0.5, 0.6) is 5.75 Å². The molecule has 6 heteroatoms. The maximum Gasteiger partial charge on any atom is 0.277 e. The monoisotopic (exact) mass is 416 g/mol. The number of hydrogen-bond acceptors (Lipinski definition) is 6. The SMILES string of the molecule is Cc1cccc(OCc2nnc(SCC(=O)c3ccc(-c4ccccc4)cc3)o2)c1. The van der Waals surface area contributed by atoms with Crippen LogP contribution in [0.15, 0.2) is 88.5 Å². The van der Waals surface area contributed by atoms with E-state index in [2.05, 4.69) is 10.2 Å². The number of rotatable bonds is 8. The Bertz CT molecular complexity index is 1120. The molecule has 0 fully saturated rings. The van der Waals surface area contributed by atoms with Gasteiger partial charge in [0.25, 0.3) is 11.1 Å². The molecule has 150 valence electrons. The molecule has 5 nitrogen and oxygen atoms in total. The molecule has 3 aromatic carbocycles. The lowest BCUT2D eigenvalue weighted by atomic mass is 10.0. The van der Waals surface area contributed by atoms with Crippen molar-refractivity contribution in [3.05, 3.63) is 95.9 Å². The van der Waals surface area contributed by atoms with Gasteiger partial charge in [0, 0.05) is 5.56 Å². The number of aromatic nitrogens is 2. The van der Waals surface area contributed by atoms with Gasteiger partial charge < -0.3 is 9.15 Å². The summed E-state index contributed by atoms with van der Waals surface area (Å²) in [6, 6.07) is 25.4. The third kappa shape index (κ3) is 5.15. The quantitative estimate of drug-likeness (QED) is 0.275. The topological polar surface area (TPSA) is 65.2 Å². The summed E-state index contributed by atoms with van der Waals surface area (Å²) in [5.74, 6) is 1.36. The van der Waals surface area contributed by atoms with Crippen molar-refractivity contribution < 1.29 is 13.9 Å². The van der Waals surface area contributed by atoms with E-state index >= 15 is 0 Å². The molecule has 0 atom stereocenters. The summed E-state index contributed by atoms with van der Waals surface area (Å²) >= 11 is 1.22. The number of carbonyl (C=O) groups excluding carboxylic acids is 1. The highest BCUT2D eigenvalue weighted by molar-refractivity contribution is 7.99. The van der Waals surface area contributed by atoms with Crippen molar-refractivity contribution in [2.45, 2.75) is 18.8 Å². The van der Waals surface area contributed by atoms with E-state index in [1.54, 1.807) is 0 Å². The molecule has 0 aliphatic carbocycles. The third-order valence-electron chi connectivity index (χ3n) is 4.44. The minimum atomic E-state index is 0.00960. The highest BCUT2D eigenvalue weighted by Gasteiger charge is 2.12. The second-order valence-electron chi connectivity index (χ2n) is 6.72. The lowest BCUT2D eigenvalue weighted by Crippen LogP contribution is -2.02. The fourth-order valence-corrected chi connectivity index (χ4v) is 3.57. The Morgan fingerprint density at radius 2 is 1.70 bits per heavy atom. The largest absolute Gasteiger partial charge is 0.484 e. The summed E-state index contributed by atoms with van der Waals surface area (Å²) < 4.78 is 11.2. The van der Waals surface area contributed by atoms with E-state index in [-0.39, 0.29) is 18.1 Å². The zero-order valence-corrected chi connectivity index (χ0v) is 17.3. The van der Waals surface area contributed by atoms with E-state index in [0.29, 0.717) is 16.7 Å². The van der Waals surface area contributed by atoms with Gasteiger partial charge in [0.15, 0.2) is 12.4 Å². The number of ketones is 1. The summed E-state index contributed by atoms with van der Waals surface area (Å²) in [7, 11) is 0. The molecule has 0 aliphatic rings. The first kappa shape index (κ1) is 19.9. The van der Waals surface area contributed by atoms with Crippen molar-refractivity contribution in [2.75, 3.05) is 5.75 Å². The molecule has 0 saturated carbocycles. The van der Waals surface area contributed by atoms with Crippen molar-refractivity contribution in [3.8, 4) is 16.9 Å². The molecular formula is C24H20N2O3S.